The van der Waals surface area contributed by atoms with Crippen molar-refractivity contribution in [2.75, 3.05) is 6.61 Å². The molecule has 1 aromatic carbocycles. The molecule has 2 nitrogen and oxygen atoms in total. The molecule has 0 radical (unpaired) electrons. The highest BCUT2D eigenvalue weighted by atomic mass is 16.8. The Bertz CT molecular complexity index is 290. The van der Waals surface area contributed by atoms with E-state index in [0.717, 1.165) is 12.4 Å². The molecule has 1 aliphatic rings. The molecule has 1 fully saturated rings. The third kappa shape index (κ3) is 2.01. The van der Waals surface area contributed by atoms with Crippen molar-refractivity contribution >= 4 is 0 Å². The fourth-order valence-corrected chi connectivity index (χ4v) is 1.31. The summed E-state index contributed by atoms with van der Waals surface area (Å²) in [4.78, 5) is 0. The maximum atomic E-state index is 5.60. The lowest BCUT2D eigenvalue weighted by Gasteiger charge is -2.11. The number of hydrogen-bond donors (Lipinski definition) is 0. The molecule has 1 aromatic rings. The van der Waals surface area contributed by atoms with Crippen molar-refractivity contribution in [1.82, 2.24) is 0 Å². The third-order valence-electron chi connectivity index (χ3n) is 2.10. The number of rotatable bonds is 3. The van der Waals surface area contributed by atoms with Crippen molar-refractivity contribution in [3.8, 4) is 5.75 Å². The molecule has 0 bridgehead atoms. The second kappa shape index (κ2) is 3.38. The summed E-state index contributed by atoms with van der Waals surface area (Å²) in [5, 5.41) is 0. The average Bonchev–Trinajstić information content (AvgIpc) is 2.89. The molecule has 0 aliphatic carbocycles. The molecule has 1 atom stereocenters. The summed E-state index contributed by atoms with van der Waals surface area (Å²) in [7, 11) is 0. The largest absolute Gasteiger partial charge is 0.462 e. The summed E-state index contributed by atoms with van der Waals surface area (Å²) in [5.41, 5.74) is 1.25. The zero-order chi connectivity index (χ0) is 9.26. The van der Waals surface area contributed by atoms with Gasteiger partial charge in [0.05, 0.1) is 0 Å². The summed E-state index contributed by atoms with van der Waals surface area (Å²) in [5.74, 6) is 1.45. The fraction of sp³-hybridized carbons (Fsp3) is 0.455. The van der Waals surface area contributed by atoms with Crippen LogP contribution in [-0.4, -0.2) is 12.9 Å². The second-order valence-electron chi connectivity index (χ2n) is 3.57. The minimum atomic E-state index is -0.0000926. The van der Waals surface area contributed by atoms with Gasteiger partial charge in [-0.25, -0.2) is 0 Å². The molecule has 0 spiro atoms. The van der Waals surface area contributed by atoms with Crippen molar-refractivity contribution < 1.29 is 9.47 Å². The van der Waals surface area contributed by atoms with Gasteiger partial charge in [0.25, 0.3) is 0 Å². The highest BCUT2D eigenvalue weighted by Crippen LogP contribution is 2.28. The first kappa shape index (κ1) is 8.57. The lowest BCUT2D eigenvalue weighted by molar-refractivity contribution is 0.177. The summed E-state index contributed by atoms with van der Waals surface area (Å²) in [6.07, 6.45) is -0.0000926. The lowest BCUT2D eigenvalue weighted by Crippen LogP contribution is -2.01. The molecule has 2 heteroatoms. The Morgan fingerprint density at radius 3 is 2.69 bits per heavy atom. The molecular weight excluding hydrogens is 164 g/mol. The Balaban J connectivity index is 2.20. The van der Waals surface area contributed by atoms with Crippen LogP contribution in [0.4, 0.5) is 0 Å². The lowest BCUT2D eigenvalue weighted by atomic mass is 10.0. The average molecular weight is 178 g/mol. The standard InChI is InChI=1S/C11H14O2/c1-8(2)9-5-3-4-6-10(9)13-11-7-12-11/h3-6,8,11H,7H2,1-2H3. The van der Waals surface area contributed by atoms with E-state index < -0.39 is 0 Å². The molecule has 0 aromatic heterocycles. The molecule has 0 amide bonds. The molecule has 13 heavy (non-hydrogen) atoms. The van der Waals surface area contributed by atoms with E-state index in [1.54, 1.807) is 0 Å². The van der Waals surface area contributed by atoms with Crippen LogP contribution in [-0.2, 0) is 4.74 Å². The van der Waals surface area contributed by atoms with E-state index >= 15 is 0 Å². The van der Waals surface area contributed by atoms with Gasteiger partial charge < -0.3 is 9.47 Å². The van der Waals surface area contributed by atoms with Crippen LogP contribution in [0.1, 0.15) is 25.3 Å². The van der Waals surface area contributed by atoms with Gasteiger partial charge in [-0.3, -0.25) is 0 Å². The third-order valence-corrected chi connectivity index (χ3v) is 2.10. The van der Waals surface area contributed by atoms with E-state index in [-0.39, 0.29) is 6.29 Å². The number of ether oxygens (including phenoxy) is 2. The summed E-state index contributed by atoms with van der Waals surface area (Å²) >= 11 is 0. The molecule has 1 unspecified atom stereocenters. The van der Waals surface area contributed by atoms with Gasteiger partial charge in [0.1, 0.15) is 12.4 Å². The molecule has 1 aliphatic heterocycles. The smallest absolute Gasteiger partial charge is 0.223 e. The molecule has 0 saturated carbocycles. The topological polar surface area (TPSA) is 21.8 Å². The summed E-state index contributed by atoms with van der Waals surface area (Å²) in [6.45, 7) is 5.05. The Hall–Kier alpha value is -1.02. The second-order valence-corrected chi connectivity index (χ2v) is 3.57. The van der Waals surface area contributed by atoms with E-state index in [9.17, 15) is 0 Å². The minimum absolute atomic E-state index is 0.0000926. The molecule has 2 rings (SSSR count). The first-order valence-electron chi connectivity index (χ1n) is 4.64. The van der Waals surface area contributed by atoms with Crippen LogP contribution in [0.3, 0.4) is 0 Å². The Morgan fingerprint density at radius 1 is 1.38 bits per heavy atom. The van der Waals surface area contributed by atoms with E-state index in [2.05, 4.69) is 19.9 Å². The first-order chi connectivity index (χ1) is 6.27. The van der Waals surface area contributed by atoms with Gasteiger partial charge in [-0.2, -0.15) is 0 Å². The van der Waals surface area contributed by atoms with Crippen molar-refractivity contribution in [3.05, 3.63) is 29.8 Å². The van der Waals surface area contributed by atoms with Crippen LogP contribution < -0.4 is 4.74 Å². The normalized spacial score (nSPS) is 20.4. The predicted molar refractivity (Wildman–Crippen MR) is 50.9 cm³/mol. The van der Waals surface area contributed by atoms with Gasteiger partial charge >= 0.3 is 0 Å². The van der Waals surface area contributed by atoms with Crippen LogP contribution in [0.15, 0.2) is 24.3 Å². The van der Waals surface area contributed by atoms with Crippen LogP contribution in [0.2, 0.25) is 0 Å². The highest BCUT2D eigenvalue weighted by molar-refractivity contribution is 5.35. The number of benzene rings is 1. The Kier molecular flexibility index (Phi) is 2.23. The van der Waals surface area contributed by atoms with Gasteiger partial charge in [-0.05, 0) is 17.5 Å². The van der Waals surface area contributed by atoms with Gasteiger partial charge in [-0.1, -0.05) is 32.0 Å². The van der Waals surface area contributed by atoms with Gasteiger partial charge in [0, 0.05) is 0 Å². The number of para-hydroxylation sites is 1. The first-order valence-corrected chi connectivity index (χ1v) is 4.64. The molecule has 70 valence electrons. The summed E-state index contributed by atoms with van der Waals surface area (Å²) in [6, 6.07) is 8.12. The van der Waals surface area contributed by atoms with E-state index in [1.165, 1.54) is 5.56 Å². The Labute approximate surface area is 78.5 Å². The van der Waals surface area contributed by atoms with Gasteiger partial charge in [-0.15, -0.1) is 0 Å². The molecular formula is C11H14O2. The van der Waals surface area contributed by atoms with Crippen molar-refractivity contribution in [1.29, 1.82) is 0 Å². The van der Waals surface area contributed by atoms with E-state index in [0.29, 0.717) is 5.92 Å². The minimum Gasteiger partial charge on any atom is -0.462 e. The molecule has 1 heterocycles. The number of hydrogen-bond acceptors (Lipinski definition) is 2. The van der Waals surface area contributed by atoms with Gasteiger partial charge in [0.15, 0.2) is 0 Å². The maximum absolute atomic E-state index is 5.60. The molecule has 0 N–H and O–H groups in total. The van der Waals surface area contributed by atoms with Gasteiger partial charge in [0.2, 0.25) is 6.29 Å². The van der Waals surface area contributed by atoms with Crippen LogP contribution in [0.25, 0.3) is 0 Å². The molecule has 1 saturated heterocycles. The maximum Gasteiger partial charge on any atom is 0.223 e. The van der Waals surface area contributed by atoms with Crippen LogP contribution in [0, 0.1) is 0 Å². The SMILES string of the molecule is CC(C)c1ccccc1OC1CO1. The van der Waals surface area contributed by atoms with Crippen molar-refractivity contribution in [2.24, 2.45) is 0 Å². The monoisotopic (exact) mass is 178 g/mol. The van der Waals surface area contributed by atoms with Crippen LogP contribution >= 0.6 is 0 Å². The number of epoxide rings is 1. The van der Waals surface area contributed by atoms with Crippen LogP contribution in [0.5, 0.6) is 5.75 Å². The fourth-order valence-electron chi connectivity index (χ4n) is 1.31. The highest BCUT2D eigenvalue weighted by Gasteiger charge is 2.25. The van der Waals surface area contributed by atoms with E-state index in [4.69, 9.17) is 9.47 Å². The quantitative estimate of drug-likeness (QED) is 0.663. The Morgan fingerprint density at radius 2 is 2.08 bits per heavy atom. The summed E-state index contributed by atoms with van der Waals surface area (Å²) < 4.78 is 10.6. The zero-order valence-electron chi connectivity index (χ0n) is 7.99. The predicted octanol–water partition coefficient (Wildman–Crippen LogP) is 2.55. The zero-order valence-corrected chi connectivity index (χ0v) is 7.99. The van der Waals surface area contributed by atoms with Crippen molar-refractivity contribution in [2.45, 2.75) is 26.1 Å². The van der Waals surface area contributed by atoms with Crippen molar-refractivity contribution in [3.63, 3.8) is 0 Å². The van der Waals surface area contributed by atoms with E-state index in [1.807, 2.05) is 18.2 Å².